The SMILES string of the molecule is COc1ccc(C)cc1-n1c(SCC(=O)NC(C)C(C)C)nc2cc(Cl)ccc2c1=O. The maximum absolute atomic E-state index is 13.5. The first-order valence-electron chi connectivity index (χ1n) is 10.0. The number of fused-ring (bicyclic) bond motifs is 1. The predicted octanol–water partition coefficient (Wildman–Crippen LogP) is 4.61. The average Bonchev–Trinajstić information content (AvgIpc) is 2.72. The molecule has 3 rings (SSSR count). The number of nitrogens with zero attached hydrogens (tertiary/aromatic N) is 2. The molecule has 164 valence electrons. The molecule has 0 spiro atoms. The molecule has 8 heteroatoms. The van der Waals surface area contributed by atoms with Gasteiger partial charge in [0.05, 0.1) is 29.5 Å². The van der Waals surface area contributed by atoms with Gasteiger partial charge in [0, 0.05) is 11.1 Å². The van der Waals surface area contributed by atoms with Gasteiger partial charge in [-0.3, -0.25) is 14.2 Å². The zero-order chi connectivity index (χ0) is 22.7. The van der Waals surface area contributed by atoms with Gasteiger partial charge in [0.15, 0.2) is 5.16 Å². The lowest BCUT2D eigenvalue weighted by molar-refractivity contribution is -0.119. The zero-order valence-corrected chi connectivity index (χ0v) is 19.8. The molecule has 1 atom stereocenters. The van der Waals surface area contributed by atoms with Crippen molar-refractivity contribution in [1.29, 1.82) is 0 Å². The first-order valence-corrected chi connectivity index (χ1v) is 11.4. The highest BCUT2D eigenvalue weighted by molar-refractivity contribution is 7.99. The van der Waals surface area contributed by atoms with Crippen LogP contribution in [0.15, 0.2) is 46.3 Å². The van der Waals surface area contributed by atoms with Crippen molar-refractivity contribution in [3.8, 4) is 11.4 Å². The molecule has 1 N–H and O–H groups in total. The van der Waals surface area contributed by atoms with E-state index in [2.05, 4.69) is 10.3 Å². The molecule has 0 bridgehead atoms. The molecule has 0 fully saturated rings. The number of carbonyl (C=O) groups is 1. The van der Waals surface area contributed by atoms with Crippen LogP contribution in [0.25, 0.3) is 16.6 Å². The molecule has 0 saturated carbocycles. The number of ether oxygens (including phenoxy) is 1. The number of aromatic nitrogens is 2. The second-order valence-electron chi connectivity index (χ2n) is 7.76. The van der Waals surface area contributed by atoms with E-state index < -0.39 is 0 Å². The number of carbonyl (C=O) groups excluding carboxylic acids is 1. The predicted molar refractivity (Wildman–Crippen MR) is 127 cm³/mol. The molecular formula is C23H26ClN3O3S. The van der Waals surface area contributed by atoms with Crippen molar-refractivity contribution in [1.82, 2.24) is 14.9 Å². The van der Waals surface area contributed by atoms with Crippen LogP contribution in [0.1, 0.15) is 26.3 Å². The van der Waals surface area contributed by atoms with Gasteiger partial charge in [-0.25, -0.2) is 4.98 Å². The Morgan fingerprint density at radius 1 is 1.23 bits per heavy atom. The summed E-state index contributed by atoms with van der Waals surface area (Å²) in [5.41, 5.74) is 1.79. The molecular weight excluding hydrogens is 434 g/mol. The second kappa shape index (κ2) is 9.75. The van der Waals surface area contributed by atoms with Crippen LogP contribution in [-0.4, -0.2) is 34.4 Å². The van der Waals surface area contributed by atoms with Gasteiger partial charge in [-0.15, -0.1) is 0 Å². The third-order valence-electron chi connectivity index (χ3n) is 5.10. The number of benzene rings is 2. The molecule has 0 aliphatic rings. The fraction of sp³-hybridized carbons (Fsp3) is 0.348. The molecule has 1 heterocycles. The van der Waals surface area contributed by atoms with E-state index in [0.717, 1.165) is 5.56 Å². The van der Waals surface area contributed by atoms with Crippen molar-refractivity contribution in [2.45, 2.75) is 38.9 Å². The molecule has 0 aliphatic carbocycles. The summed E-state index contributed by atoms with van der Waals surface area (Å²) in [5.74, 6) is 0.880. The Bertz CT molecular complexity index is 1180. The summed E-state index contributed by atoms with van der Waals surface area (Å²) in [6.07, 6.45) is 0. The first kappa shape index (κ1) is 23.2. The highest BCUT2D eigenvalue weighted by Crippen LogP contribution is 2.28. The van der Waals surface area contributed by atoms with Crippen molar-refractivity contribution >= 4 is 40.2 Å². The van der Waals surface area contributed by atoms with Gasteiger partial charge in [-0.2, -0.15) is 0 Å². The molecule has 31 heavy (non-hydrogen) atoms. The Labute approximate surface area is 191 Å². The molecule has 6 nitrogen and oxygen atoms in total. The Balaban J connectivity index is 2.11. The van der Waals surface area contributed by atoms with Crippen LogP contribution in [0, 0.1) is 12.8 Å². The van der Waals surface area contributed by atoms with E-state index in [-0.39, 0.29) is 23.3 Å². The Morgan fingerprint density at radius 2 is 1.97 bits per heavy atom. The van der Waals surface area contributed by atoms with E-state index in [4.69, 9.17) is 16.3 Å². The van der Waals surface area contributed by atoms with Gasteiger partial charge in [0.25, 0.3) is 5.56 Å². The number of rotatable bonds is 7. The van der Waals surface area contributed by atoms with Crippen molar-refractivity contribution in [2.24, 2.45) is 5.92 Å². The van der Waals surface area contributed by atoms with Gasteiger partial charge in [0.2, 0.25) is 5.91 Å². The summed E-state index contributed by atoms with van der Waals surface area (Å²) in [4.78, 5) is 30.6. The molecule has 0 saturated heterocycles. The molecule has 0 radical (unpaired) electrons. The highest BCUT2D eigenvalue weighted by Gasteiger charge is 2.19. The molecule has 3 aromatic rings. The summed E-state index contributed by atoms with van der Waals surface area (Å²) in [6, 6.07) is 10.6. The fourth-order valence-corrected chi connectivity index (χ4v) is 4.00. The highest BCUT2D eigenvalue weighted by atomic mass is 35.5. The number of nitrogens with one attached hydrogen (secondary N) is 1. The monoisotopic (exact) mass is 459 g/mol. The normalized spacial score (nSPS) is 12.2. The second-order valence-corrected chi connectivity index (χ2v) is 9.14. The van der Waals surface area contributed by atoms with E-state index in [0.29, 0.717) is 38.4 Å². The number of hydrogen-bond donors (Lipinski definition) is 1. The molecule has 1 unspecified atom stereocenters. The number of aryl methyl sites for hydroxylation is 1. The van der Waals surface area contributed by atoms with Crippen LogP contribution in [0.5, 0.6) is 5.75 Å². The quantitative estimate of drug-likeness (QED) is 0.412. The summed E-state index contributed by atoms with van der Waals surface area (Å²) < 4.78 is 7.01. The lowest BCUT2D eigenvalue weighted by Gasteiger charge is -2.18. The van der Waals surface area contributed by atoms with Crippen molar-refractivity contribution in [3.63, 3.8) is 0 Å². The minimum absolute atomic E-state index is 0.0514. The summed E-state index contributed by atoms with van der Waals surface area (Å²) in [6.45, 7) is 8.01. The van der Waals surface area contributed by atoms with E-state index in [9.17, 15) is 9.59 Å². The molecule has 1 amide bonds. The zero-order valence-electron chi connectivity index (χ0n) is 18.2. The van der Waals surface area contributed by atoms with Crippen LogP contribution < -0.4 is 15.6 Å². The summed E-state index contributed by atoms with van der Waals surface area (Å²) >= 11 is 7.33. The van der Waals surface area contributed by atoms with Crippen LogP contribution in [-0.2, 0) is 4.79 Å². The van der Waals surface area contributed by atoms with Gasteiger partial charge in [-0.1, -0.05) is 43.3 Å². The number of amides is 1. The van der Waals surface area contributed by atoms with Gasteiger partial charge < -0.3 is 10.1 Å². The van der Waals surface area contributed by atoms with Crippen LogP contribution >= 0.6 is 23.4 Å². The third-order valence-corrected chi connectivity index (χ3v) is 6.27. The van der Waals surface area contributed by atoms with Gasteiger partial charge in [0.1, 0.15) is 5.75 Å². The maximum atomic E-state index is 13.5. The molecule has 2 aromatic carbocycles. The smallest absolute Gasteiger partial charge is 0.266 e. The topological polar surface area (TPSA) is 73.2 Å². The van der Waals surface area contributed by atoms with E-state index in [1.165, 1.54) is 16.3 Å². The number of thioether (sulfide) groups is 1. The van der Waals surface area contributed by atoms with Crippen LogP contribution in [0.4, 0.5) is 0 Å². The van der Waals surface area contributed by atoms with Gasteiger partial charge >= 0.3 is 0 Å². The minimum Gasteiger partial charge on any atom is -0.495 e. The summed E-state index contributed by atoms with van der Waals surface area (Å²) in [7, 11) is 1.56. The summed E-state index contributed by atoms with van der Waals surface area (Å²) in [5, 5.41) is 4.31. The van der Waals surface area contributed by atoms with Gasteiger partial charge in [-0.05, 0) is 55.7 Å². The Hall–Kier alpha value is -2.51. The third kappa shape index (κ3) is 5.22. The number of methoxy groups -OCH3 is 1. The Kier molecular flexibility index (Phi) is 7.28. The van der Waals surface area contributed by atoms with Crippen LogP contribution in [0.2, 0.25) is 5.02 Å². The lowest BCUT2D eigenvalue weighted by atomic mass is 10.1. The maximum Gasteiger partial charge on any atom is 0.266 e. The standard InChI is InChI=1S/C23H26ClN3O3S/c1-13(2)15(4)25-21(28)12-31-23-26-18-11-16(24)7-8-17(18)22(29)27(23)19-10-14(3)6-9-20(19)30-5/h6-11,13,15H,12H2,1-5H3,(H,25,28). The van der Waals surface area contributed by atoms with Crippen LogP contribution in [0.3, 0.4) is 0 Å². The average molecular weight is 460 g/mol. The molecule has 1 aromatic heterocycles. The largest absolute Gasteiger partial charge is 0.495 e. The fourth-order valence-electron chi connectivity index (χ4n) is 3.01. The van der Waals surface area contributed by atoms with Crippen molar-refractivity contribution < 1.29 is 9.53 Å². The number of hydrogen-bond acceptors (Lipinski definition) is 5. The van der Waals surface area contributed by atoms with Crippen molar-refractivity contribution in [2.75, 3.05) is 12.9 Å². The van der Waals surface area contributed by atoms with E-state index in [1.807, 2.05) is 45.9 Å². The van der Waals surface area contributed by atoms with Crippen molar-refractivity contribution in [3.05, 3.63) is 57.3 Å². The Morgan fingerprint density at radius 3 is 2.65 bits per heavy atom. The number of halogens is 1. The van der Waals surface area contributed by atoms with E-state index in [1.54, 1.807) is 25.3 Å². The molecule has 0 aliphatic heterocycles. The van der Waals surface area contributed by atoms with E-state index >= 15 is 0 Å². The first-order chi connectivity index (χ1) is 14.7. The minimum atomic E-state index is -0.246. The lowest BCUT2D eigenvalue weighted by Crippen LogP contribution is -2.37.